The molecule has 0 N–H and O–H groups in total. The van der Waals surface area contributed by atoms with Crippen LogP contribution in [0.4, 0.5) is 0 Å². The smallest absolute Gasteiger partial charge is 0.159 e. The lowest BCUT2D eigenvalue weighted by Gasteiger charge is -2.16. The SMILES string of the molecule is CC1=CC(=O)[C@@H]2C[C@@H]3C=CC(=O)[C@@H]3[C@H]12. The van der Waals surface area contributed by atoms with E-state index in [1.807, 2.05) is 13.0 Å². The third-order valence-corrected chi connectivity index (χ3v) is 3.91. The number of fused-ring (bicyclic) bond motifs is 3. The Hall–Kier alpha value is -1.18. The monoisotopic (exact) mass is 188 g/mol. The van der Waals surface area contributed by atoms with Gasteiger partial charge in [0.25, 0.3) is 0 Å². The summed E-state index contributed by atoms with van der Waals surface area (Å²) in [4.78, 5) is 23.2. The second kappa shape index (κ2) is 2.44. The zero-order valence-electron chi connectivity index (χ0n) is 8.07. The van der Waals surface area contributed by atoms with E-state index in [0.717, 1.165) is 12.0 Å². The van der Waals surface area contributed by atoms with Gasteiger partial charge in [-0.2, -0.15) is 0 Å². The Morgan fingerprint density at radius 3 is 2.79 bits per heavy atom. The first-order valence-electron chi connectivity index (χ1n) is 5.12. The number of ketones is 2. The molecule has 0 aliphatic heterocycles. The number of allylic oxidation sites excluding steroid dienone is 4. The molecule has 0 aromatic carbocycles. The maximum absolute atomic E-state index is 11.6. The van der Waals surface area contributed by atoms with E-state index in [9.17, 15) is 9.59 Å². The maximum atomic E-state index is 11.6. The molecular formula is C12H12O2. The highest BCUT2D eigenvalue weighted by atomic mass is 16.1. The summed E-state index contributed by atoms with van der Waals surface area (Å²) < 4.78 is 0. The minimum Gasteiger partial charge on any atom is -0.295 e. The Bertz CT molecular complexity index is 389. The molecule has 0 aromatic rings. The van der Waals surface area contributed by atoms with Crippen molar-refractivity contribution in [2.45, 2.75) is 13.3 Å². The van der Waals surface area contributed by atoms with Crippen molar-refractivity contribution >= 4 is 11.6 Å². The fourth-order valence-corrected chi connectivity index (χ4v) is 3.34. The van der Waals surface area contributed by atoms with Gasteiger partial charge >= 0.3 is 0 Å². The minimum atomic E-state index is 0.0858. The van der Waals surface area contributed by atoms with E-state index >= 15 is 0 Å². The summed E-state index contributed by atoms with van der Waals surface area (Å²) in [6.45, 7) is 1.98. The third kappa shape index (κ3) is 0.813. The predicted octanol–water partition coefficient (Wildman–Crippen LogP) is 1.52. The van der Waals surface area contributed by atoms with Crippen LogP contribution in [0.2, 0.25) is 0 Å². The second-order valence-corrected chi connectivity index (χ2v) is 4.61. The topological polar surface area (TPSA) is 34.1 Å². The summed E-state index contributed by atoms with van der Waals surface area (Å²) in [7, 11) is 0. The summed E-state index contributed by atoms with van der Waals surface area (Å²) in [6, 6.07) is 0. The lowest BCUT2D eigenvalue weighted by Crippen LogP contribution is -2.21. The molecular weight excluding hydrogens is 176 g/mol. The molecule has 0 heterocycles. The molecule has 0 radical (unpaired) electrons. The highest BCUT2D eigenvalue weighted by molar-refractivity contribution is 6.01. The fourth-order valence-electron chi connectivity index (χ4n) is 3.34. The summed E-state index contributed by atoms with van der Waals surface area (Å²) in [5, 5.41) is 0. The van der Waals surface area contributed by atoms with Crippen LogP contribution in [0.5, 0.6) is 0 Å². The molecule has 1 fully saturated rings. The highest BCUT2D eigenvalue weighted by Gasteiger charge is 2.52. The van der Waals surface area contributed by atoms with Crippen molar-refractivity contribution in [3.8, 4) is 0 Å². The first-order valence-corrected chi connectivity index (χ1v) is 5.12. The Labute approximate surface area is 82.7 Å². The number of hydrogen-bond donors (Lipinski definition) is 0. The highest BCUT2D eigenvalue weighted by Crippen LogP contribution is 2.52. The number of rotatable bonds is 0. The predicted molar refractivity (Wildman–Crippen MR) is 51.5 cm³/mol. The first kappa shape index (κ1) is 8.16. The standard InChI is InChI=1S/C12H12O2/c1-6-4-10(14)8-5-7-2-3-9(13)12(7)11(6)8/h2-4,7-8,11-12H,5H2,1H3/t7-,8-,11+,12+/m0/s1. The van der Waals surface area contributed by atoms with Crippen LogP contribution in [-0.4, -0.2) is 11.6 Å². The molecule has 72 valence electrons. The summed E-state index contributed by atoms with van der Waals surface area (Å²) in [5.74, 6) is 1.22. The minimum absolute atomic E-state index is 0.0858. The largest absolute Gasteiger partial charge is 0.295 e. The number of carbonyl (C=O) groups excluding carboxylic acids is 2. The van der Waals surface area contributed by atoms with Crippen molar-refractivity contribution in [3.05, 3.63) is 23.8 Å². The molecule has 0 saturated heterocycles. The van der Waals surface area contributed by atoms with Crippen LogP contribution >= 0.6 is 0 Å². The Kier molecular flexibility index (Phi) is 1.42. The summed E-state index contributed by atoms with van der Waals surface area (Å²) >= 11 is 0. The quantitative estimate of drug-likeness (QED) is 0.577. The van der Waals surface area contributed by atoms with Crippen molar-refractivity contribution in [3.63, 3.8) is 0 Å². The normalized spacial score (nSPS) is 44.2. The van der Waals surface area contributed by atoms with Gasteiger partial charge in [-0.15, -0.1) is 0 Å². The number of carbonyl (C=O) groups is 2. The zero-order valence-corrected chi connectivity index (χ0v) is 8.07. The van der Waals surface area contributed by atoms with Gasteiger partial charge in [0.1, 0.15) is 0 Å². The number of hydrogen-bond acceptors (Lipinski definition) is 2. The molecule has 1 saturated carbocycles. The van der Waals surface area contributed by atoms with Gasteiger partial charge in [-0.1, -0.05) is 11.6 Å². The fraction of sp³-hybridized carbons (Fsp3) is 0.500. The van der Waals surface area contributed by atoms with E-state index in [1.54, 1.807) is 12.2 Å². The average molecular weight is 188 g/mol. The van der Waals surface area contributed by atoms with E-state index in [4.69, 9.17) is 0 Å². The zero-order chi connectivity index (χ0) is 9.87. The van der Waals surface area contributed by atoms with E-state index in [1.165, 1.54) is 0 Å². The van der Waals surface area contributed by atoms with E-state index in [2.05, 4.69) is 0 Å². The van der Waals surface area contributed by atoms with Crippen LogP contribution in [0.15, 0.2) is 23.8 Å². The third-order valence-electron chi connectivity index (χ3n) is 3.91. The Balaban J connectivity index is 2.03. The van der Waals surface area contributed by atoms with Gasteiger partial charge in [0.05, 0.1) is 0 Å². The van der Waals surface area contributed by atoms with Gasteiger partial charge in [-0.25, -0.2) is 0 Å². The van der Waals surface area contributed by atoms with Crippen LogP contribution in [0, 0.1) is 23.7 Å². The average Bonchev–Trinajstić information content (AvgIpc) is 2.71. The van der Waals surface area contributed by atoms with Crippen LogP contribution < -0.4 is 0 Å². The lowest BCUT2D eigenvalue weighted by atomic mass is 9.85. The van der Waals surface area contributed by atoms with Crippen molar-refractivity contribution in [1.82, 2.24) is 0 Å². The van der Waals surface area contributed by atoms with Crippen LogP contribution in [0.1, 0.15) is 13.3 Å². The van der Waals surface area contributed by atoms with Gasteiger partial charge in [0.2, 0.25) is 0 Å². The molecule has 0 bridgehead atoms. The van der Waals surface area contributed by atoms with Crippen molar-refractivity contribution in [1.29, 1.82) is 0 Å². The molecule has 4 atom stereocenters. The van der Waals surface area contributed by atoms with Crippen molar-refractivity contribution in [2.24, 2.45) is 23.7 Å². The van der Waals surface area contributed by atoms with Crippen molar-refractivity contribution < 1.29 is 9.59 Å². The molecule has 0 unspecified atom stereocenters. The summed E-state index contributed by atoms with van der Waals surface area (Å²) in [6.07, 6.45) is 6.30. The lowest BCUT2D eigenvalue weighted by molar-refractivity contribution is -0.119. The molecule has 0 spiro atoms. The molecule has 3 rings (SSSR count). The molecule has 14 heavy (non-hydrogen) atoms. The summed E-state index contributed by atoms with van der Waals surface area (Å²) in [5.41, 5.74) is 1.12. The van der Waals surface area contributed by atoms with Gasteiger partial charge < -0.3 is 0 Å². The van der Waals surface area contributed by atoms with Crippen molar-refractivity contribution in [2.75, 3.05) is 0 Å². The molecule has 2 nitrogen and oxygen atoms in total. The van der Waals surface area contributed by atoms with E-state index in [0.29, 0.717) is 5.92 Å². The Morgan fingerprint density at radius 2 is 2.00 bits per heavy atom. The molecule has 3 aliphatic rings. The first-order chi connectivity index (χ1) is 6.68. The van der Waals surface area contributed by atoms with Crippen LogP contribution in [0.3, 0.4) is 0 Å². The van der Waals surface area contributed by atoms with Gasteiger partial charge in [-0.05, 0) is 31.4 Å². The van der Waals surface area contributed by atoms with E-state index < -0.39 is 0 Å². The molecule has 2 heteroatoms. The molecule has 3 aliphatic carbocycles. The second-order valence-electron chi connectivity index (χ2n) is 4.61. The molecule has 0 aromatic heterocycles. The maximum Gasteiger partial charge on any atom is 0.159 e. The van der Waals surface area contributed by atoms with Gasteiger partial charge in [-0.3, -0.25) is 9.59 Å². The molecule has 0 amide bonds. The van der Waals surface area contributed by atoms with E-state index in [-0.39, 0.29) is 29.3 Å². The van der Waals surface area contributed by atoms with Gasteiger partial charge in [0, 0.05) is 17.8 Å². The Morgan fingerprint density at radius 1 is 1.21 bits per heavy atom. The van der Waals surface area contributed by atoms with Crippen LogP contribution in [0.25, 0.3) is 0 Å². The van der Waals surface area contributed by atoms with Gasteiger partial charge in [0.15, 0.2) is 11.6 Å². The van der Waals surface area contributed by atoms with Crippen LogP contribution in [-0.2, 0) is 9.59 Å².